The first kappa shape index (κ1) is 10.7. The molecule has 0 fully saturated rings. The van der Waals surface area contributed by atoms with Gasteiger partial charge in [-0.2, -0.15) is 0 Å². The van der Waals surface area contributed by atoms with Crippen LogP contribution in [0.2, 0.25) is 0 Å². The van der Waals surface area contributed by atoms with Gasteiger partial charge in [0, 0.05) is 15.8 Å². The quantitative estimate of drug-likeness (QED) is 0.561. The number of hydrogen-bond acceptors (Lipinski definition) is 3. The molecule has 1 rings (SSSR count). The summed E-state index contributed by atoms with van der Waals surface area (Å²) < 4.78 is 0. The lowest BCUT2D eigenvalue weighted by molar-refractivity contribution is 0.514. The van der Waals surface area contributed by atoms with Crippen LogP contribution in [0.25, 0.3) is 0 Å². The van der Waals surface area contributed by atoms with Crippen LogP contribution >= 0.6 is 11.3 Å². The minimum absolute atomic E-state index is 0.420. The van der Waals surface area contributed by atoms with Crippen LogP contribution in [-0.4, -0.2) is 6.04 Å². The average Bonchev–Trinajstić information content (AvgIpc) is 2.61. The zero-order valence-corrected chi connectivity index (χ0v) is 9.16. The Morgan fingerprint density at radius 1 is 1.38 bits per heavy atom. The Morgan fingerprint density at radius 2 is 2.08 bits per heavy atom. The highest BCUT2D eigenvalue weighted by Gasteiger charge is 2.06. The topological polar surface area (TPSA) is 38.0 Å². The molecule has 3 N–H and O–H groups in total. The highest BCUT2D eigenvalue weighted by Crippen LogP contribution is 2.18. The first-order valence-corrected chi connectivity index (χ1v) is 5.65. The summed E-state index contributed by atoms with van der Waals surface area (Å²) in [5, 5.41) is 0. The summed E-state index contributed by atoms with van der Waals surface area (Å²) in [4.78, 5) is 2.89. The van der Waals surface area contributed by atoms with Gasteiger partial charge in [-0.3, -0.25) is 11.3 Å². The van der Waals surface area contributed by atoms with E-state index in [1.54, 1.807) is 0 Å². The summed E-state index contributed by atoms with van der Waals surface area (Å²) >= 11 is 1.90. The molecule has 0 saturated carbocycles. The summed E-state index contributed by atoms with van der Waals surface area (Å²) in [6, 6.07) is 4.84. The maximum atomic E-state index is 5.43. The molecule has 3 heteroatoms. The molecule has 0 aliphatic rings. The molecule has 0 radical (unpaired) electrons. The number of thiophene rings is 1. The van der Waals surface area contributed by atoms with E-state index in [-0.39, 0.29) is 0 Å². The second kappa shape index (κ2) is 5.37. The lowest BCUT2D eigenvalue weighted by Crippen LogP contribution is -2.35. The molecule has 0 amide bonds. The van der Waals surface area contributed by atoms with E-state index in [0.29, 0.717) is 6.04 Å². The summed E-state index contributed by atoms with van der Waals surface area (Å²) in [6.07, 6.45) is 3.27. The zero-order chi connectivity index (χ0) is 9.68. The normalized spacial score (nSPS) is 13.2. The molecule has 1 unspecified atom stereocenters. The first-order chi connectivity index (χ1) is 6.30. The molecule has 1 atom stereocenters. The highest BCUT2D eigenvalue weighted by atomic mass is 32.1. The Bertz CT molecular complexity index is 241. The molecule has 0 saturated heterocycles. The van der Waals surface area contributed by atoms with Crippen molar-refractivity contribution in [1.29, 1.82) is 0 Å². The lowest BCUT2D eigenvalue weighted by atomic mass is 10.1. The third-order valence-corrected chi connectivity index (χ3v) is 3.49. The van der Waals surface area contributed by atoms with Crippen LogP contribution in [0.4, 0.5) is 0 Å². The van der Waals surface area contributed by atoms with Crippen LogP contribution < -0.4 is 11.3 Å². The summed E-state index contributed by atoms with van der Waals surface area (Å²) in [5.74, 6) is 5.43. The molecule has 0 aliphatic heterocycles. The van der Waals surface area contributed by atoms with Gasteiger partial charge in [0.15, 0.2) is 0 Å². The van der Waals surface area contributed by atoms with Gasteiger partial charge >= 0.3 is 0 Å². The highest BCUT2D eigenvalue weighted by molar-refractivity contribution is 7.11. The van der Waals surface area contributed by atoms with Gasteiger partial charge in [0.05, 0.1) is 0 Å². The molecule has 1 aromatic heterocycles. The fourth-order valence-corrected chi connectivity index (χ4v) is 2.32. The van der Waals surface area contributed by atoms with Gasteiger partial charge in [0.2, 0.25) is 0 Å². The van der Waals surface area contributed by atoms with E-state index in [9.17, 15) is 0 Å². The summed E-state index contributed by atoms with van der Waals surface area (Å²) in [5.41, 5.74) is 2.83. The van der Waals surface area contributed by atoms with Gasteiger partial charge in [0.25, 0.3) is 0 Å². The molecule has 0 spiro atoms. The second-order valence-corrected chi connectivity index (χ2v) is 4.45. The van der Waals surface area contributed by atoms with E-state index in [4.69, 9.17) is 5.84 Å². The van der Waals surface area contributed by atoms with Crippen molar-refractivity contribution < 1.29 is 0 Å². The number of aryl methyl sites for hydroxylation is 1. The van der Waals surface area contributed by atoms with E-state index in [2.05, 4.69) is 31.4 Å². The van der Waals surface area contributed by atoms with Crippen LogP contribution in [0.5, 0.6) is 0 Å². The largest absolute Gasteiger partial charge is 0.271 e. The van der Waals surface area contributed by atoms with Crippen molar-refractivity contribution in [3.63, 3.8) is 0 Å². The number of rotatable bonds is 5. The van der Waals surface area contributed by atoms with E-state index in [1.165, 1.54) is 9.75 Å². The Labute approximate surface area is 84.1 Å². The average molecular weight is 198 g/mol. The van der Waals surface area contributed by atoms with Crippen molar-refractivity contribution in [1.82, 2.24) is 5.43 Å². The molecule has 13 heavy (non-hydrogen) atoms. The fourth-order valence-electron chi connectivity index (χ4n) is 1.29. The standard InChI is InChI=1S/C10H18N2S/c1-3-8(12-11)7-10-6-5-9(4-2)13-10/h5-6,8,12H,3-4,7,11H2,1-2H3. The summed E-state index contributed by atoms with van der Waals surface area (Å²) in [6.45, 7) is 4.34. The van der Waals surface area contributed by atoms with Crippen LogP contribution in [0.15, 0.2) is 12.1 Å². The van der Waals surface area contributed by atoms with Gasteiger partial charge in [-0.25, -0.2) is 0 Å². The van der Waals surface area contributed by atoms with Crippen molar-refractivity contribution in [3.8, 4) is 0 Å². The van der Waals surface area contributed by atoms with Crippen molar-refractivity contribution >= 4 is 11.3 Å². The molecule has 1 aromatic rings. The monoisotopic (exact) mass is 198 g/mol. The predicted octanol–water partition coefficient (Wildman–Crippen LogP) is 2.09. The van der Waals surface area contributed by atoms with Crippen LogP contribution in [0.3, 0.4) is 0 Å². The van der Waals surface area contributed by atoms with Crippen molar-refractivity contribution in [2.45, 2.75) is 39.2 Å². The zero-order valence-electron chi connectivity index (χ0n) is 8.34. The molecular formula is C10H18N2S. The molecule has 1 heterocycles. The van der Waals surface area contributed by atoms with Crippen LogP contribution in [-0.2, 0) is 12.8 Å². The summed E-state index contributed by atoms with van der Waals surface area (Å²) in [7, 11) is 0. The maximum Gasteiger partial charge on any atom is 0.0256 e. The van der Waals surface area contributed by atoms with Gasteiger partial charge in [-0.15, -0.1) is 11.3 Å². The third kappa shape index (κ3) is 3.10. The minimum atomic E-state index is 0.420. The fraction of sp³-hybridized carbons (Fsp3) is 0.600. The van der Waals surface area contributed by atoms with Crippen molar-refractivity contribution in [2.24, 2.45) is 5.84 Å². The number of hydrogen-bond donors (Lipinski definition) is 2. The minimum Gasteiger partial charge on any atom is -0.271 e. The van der Waals surface area contributed by atoms with Crippen molar-refractivity contribution in [2.75, 3.05) is 0 Å². The van der Waals surface area contributed by atoms with E-state index in [0.717, 1.165) is 19.3 Å². The molecule has 74 valence electrons. The second-order valence-electron chi connectivity index (χ2n) is 3.20. The van der Waals surface area contributed by atoms with Gasteiger partial charge in [-0.05, 0) is 31.4 Å². The molecule has 0 aromatic carbocycles. The Balaban J connectivity index is 2.52. The predicted molar refractivity (Wildman–Crippen MR) is 58.8 cm³/mol. The van der Waals surface area contributed by atoms with Crippen LogP contribution in [0.1, 0.15) is 30.0 Å². The Hall–Kier alpha value is -0.380. The SMILES string of the molecule is CCc1ccc(CC(CC)NN)s1. The smallest absolute Gasteiger partial charge is 0.0256 e. The Morgan fingerprint density at radius 3 is 2.54 bits per heavy atom. The van der Waals surface area contributed by atoms with Gasteiger partial charge < -0.3 is 0 Å². The number of nitrogens with one attached hydrogen (secondary N) is 1. The molecule has 2 nitrogen and oxygen atoms in total. The number of nitrogens with two attached hydrogens (primary N) is 1. The first-order valence-electron chi connectivity index (χ1n) is 4.83. The molecular weight excluding hydrogens is 180 g/mol. The Kier molecular flexibility index (Phi) is 4.42. The van der Waals surface area contributed by atoms with Gasteiger partial charge in [-0.1, -0.05) is 13.8 Å². The molecule has 0 bridgehead atoms. The maximum absolute atomic E-state index is 5.43. The third-order valence-electron chi connectivity index (χ3n) is 2.24. The number of hydrazine groups is 1. The van der Waals surface area contributed by atoms with E-state index >= 15 is 0 Å². The van der Waals surface area contributed by atoms with E-state index < -0.39 is 0 Å². The lowest BCUT2D eigenvalue weighted by Gasteiger charge is -2.11. The van der Waals surface area contributed by atoms with Crippen LogP contribution in [0, 0.1) is 0 Å². The van der Waals surface area contributed by atoms with Crippen molar-refractivity contribution in [3.05, 3.63) is 21.9 Å². The molecule has 0 aliphatic carbocycles. The van der Waals surface area contributed by atoms with Gasteiger partial charge in [0.1, 0.15) is 0 Å². The van der Waals surface area contributed by atoms with E-state index in [1.807, 2.05) is 11.3 Å².